The molecule has 1 rings (SSSR count). The lowest BCUT2D eigenvalue weighted by molar-refractivity contribution is 0.112. The van der Waals surface area contributed by atoms with Crippen molar-refractivity contribution in [1.29, 1.82) is 0 Å². The van der Waals surface area contributed by atoms with E-state index >= 15 is 0 Å². The Bertz CT molecular complexity index is 275. The zero-order valence-corrected chi connectivity index (χ0v) is 4.52. The smallest absolute Gasteiger partial charge is 0.150 e. The van der Waals surface area contributed by atoms with Crippen LogP contribution in [0.5, 0.6) is 0 Å². The molecular weight excluding hydrogens is 119 g/mol. The molecule has 1 aromatic rings. The maximum absolute atomic E-state index is 12.4. The van der Waals surface area contributed by atoms with Crippen molar-refractivity contribution >= 4 is 6.29 Å². The molecule has 0 amide bonds. The number of halogens is 1. The van der Waals surface area contributed by atoms with Gasteiger partial charge in [-0.05, 0) is 24.2 Å². The van der Waals surface area contributed by atoms with Crippen molar-refractivity contribution in [3.8, 4) is 0 Å². The normalized spacial score (nSPS) is 12.1. The zero-order chi connectivity index (χ0) is 8.43. The molecule has 2 heteroatoms. The summed E-state index contributed by atoms with van der Waals surface area (Å²) in [6, 6.07) is 1.32. The molecule has 0 heterocycles. The van der Waals surface area contributed by atoms with E-state index in [0.717, 1.165) is 12.1 Å². The molecule has 0 aromatic heterocycles. The first-order valence-electron chi connectivity index (χ1n) is 3.37. The number of benzene rings is 1. The van der Waals surface area contributed by atoms with Gasteiger partial charge in [0.25, 0.3) is 0 Å². The Morgan fingerprint density at radius 1 is 1.56 bits per heavy atom. The van der Waals surface area contributed by atoms with E-state index in [0.29, 0.717) is 6.29 Å². The van der Waals surface area contributed by atoms with Gasteiger partial charge >= 0.3 is 0 Å². The van der Waals surface area contributed by atoms with E-state index in [2.05, 4.69) is 0 Å². The highest BCUT2D eigenvalue weighted by atomic mass is 19.1. The molecule has 0 aliphatic rings. The van der Waals surface area contributed by atoms with Crippen molar-refractivity contribution in [2.75, 3.05) is 0 Å². The maximum Gasteiger partial charge on any atom is 0.150 e. The largest absolute Gasteiger partial charge is 0.298 e. The average molecular weight is 126 g/mol. The predicted molar refractivity (Wildman–Crippen MR) is 31.8 cm³/mol. The SMILES string of the molecule is [2H]c1cc(F)cc([2H])c1C=O. The third-order valence-electron chi connectivity index (χ3n) is 0.849. The van der Waals surface area contributed by atoms with Gasteiger partial charge in [0.15, 0.2) is 0 Å². The zero-order valence-electron chi connectivity index (χ0n) is 6.52. The first kappa shape index (κ1) is 3.77. The Morgan fingerprint density at radius 3 is 2.56 bits per heavy atom. The van der Waals surface area contributed by atoms with Crippen molar-refractivity contribution in [2.45, 2.75) is 0 Å². The van der Waals surface area contributed by atoms with Gasteiger partial charge in [-0.2, -0.15) is 0 Å². The van der Waals surface area contributed by atoms with E-state index in [4.69, 9.17) is 2.74 Å². The van der Waals surface area contributed by atoms with Crippen molar-refractivity contribution < 1.29 is 11.9 Å². The number of aldehydes is 1. The van der Waals surface area contributed by atoms with Gasteiger partial charge in [-0.15, -0.1) is 0 Å². The van der Waals surface area contributed by atoms with E-state index in [-0.39, 0.29) is 17.6 Å². The standard InChI is InChI=1S/C7H5FO/c8-7-3-1-6(5-9)2-4-7/h1-5H/i1D,2D. The van der Waals surface area contributed by atoms with Gasteiger partial charge in [-0.25, -0.2) is 4.39 Å². The fourth-order valence-corrected chi connectivity index (χ4v) is 0.445. The molecule has 1 aromatic carbocycles. The molecule has 0 radical (unpaired) electrons. The maximum atomic E-state index is 12.4. The van der Waals surface area contributed by atoms with Gasteiger partial charge in [0, 0.05) is 5.56 Å². The molecule has 0 aliphatic carbocycles. The molecule has 9 heavy (non-hydrogen) atoms. The monoisotopic (exact) mass is 126 g/mol. The molecule has 1 nitrogen and oxygen atoms in total. The number of hydrogen-bond acceptors (Lipinski definition) is 1. The van der Waals surface area contributed by atoms with Crippen LogP contribution in [-0.4, -0.2) is 6.29 Å². The molecule has 0 unspecified atom stereocenters. The van der Waals surface area contributed by atoms with Crippen molar-refractivity contribution in [3.05, 3.63) is 35.6 Å². The summed E-state index contributed by atoms with van der Waals surface area (Å²) >= 11 is 0. The van der Waals surface area contributed by atoms with Crippen LogP contribution in [0.1, 0.15) is 13.1 Å². The number of carbonyl (C=O) groups excluding carboxylic acids is 1. The van der Waals surface area contributed by atoms with Gasteiger partial charge in [-0.1, -0.05) is 0 Å². The lowest BCUT2D eigenvalue weighted by atomic mass is 10.2. The minimum absolute atomic E-state index is 0.0774. The van der Waals surface area contributed by atoms with Crippen LogP contribution >= 0.6 is 0 Å². The summed E-state index contributed by atoms with van der Waals surface area (Å²) < 4.78 is 26.5. The van der Waals surface area contributed by atoms with Crippen molar-refractivity contribution in [3.63, 3.8) is 0 Å². The van der Waals surface area contributed by atoms with Crippen LogP contribution in [-0.2, 0) is 0 Å². The van der Waals surface area contributed by atoms with E-state index < -0.39 is 5.82 Å². The highest BCUT2D eigenvalue weighted by Gasteiger charge is 1.87. The van der Waals surface area contributed by atoms with Crippen molar-refractivity contribution in [1.82, 2.24) is 0 Å². The van der Waals surface area contributed by atoms with Gasteiger partial charge in [0.2, 0.25) is 0 Å². The number of rotatable bonds is 1. The molecule has 0 spiro atoms. The summed E-state index contributed by atoms with van der Waals surface area (Å²) in [6.07, 6.45) is 0.379. The highest BCUT2D eigenvalue weighted by Crippen LogP contribution is 1.98. The van der Waals surface area contributed by atoms with Crippen LogP contribution < -0.4 is 0 Å². The van der Waals surface area contributed by atoms with Gasteiger partial charge in [0.1, 0.15) is 12.1 Å². The fourth-order valence-electron chi connectivity index (χ4n) is 0.445. The minimum Gasteiger partial charge on any atom is -0.298 e. The Morgan fingerprint density at radius 2 is 2.11 bits per heavy atom. The van der Waals surface area contributed by atoms with Gasteiger partial charge in [0.05, 0.1) is 2.74 Å². The van der Waals surface area contributed by atoms with Crippen LogP contribution in [0.4, 0.5) is 4.39 Å². The molecule has 0 bridgehead atoms. The second-order valence-electron chi connectivity index (χ2n) is 1.49. The Hall–Kier alpha value is -1.18. The summed E-state index contributed by atoms with van der Waals surface area (Å²) in [6.45, 7) is 0. The number of hydrogen-bond donors (Lipinski definition) is 0. The summed E-state index contributed by atoms with van der Waals surface area (Å²) in [5.41, 5.74) is -0.0774. The fraction of sp³-hybridized carbons (Fsp3) is 0. The van der Waals surface area contributed by atoms with Gasteiger partial charge in [-0.3, -0.25) is 4.79 Å². The topological polar surface area (TPSA) is 17.1 Å². The second-order valence-corrected chi connectivity index (χ2v) is 1.49. The third-order valence-corrected chi connectivity index (χ3v) is 0.849. The molecule has 0 aliphatic heterocycles. The molecule has 0 saturated carbocycles. The van der Waals surface area contributed by atoms with Crippen LogP contribution in [0, 0.1) is 5.82 Å². The molecular formula is C7H5FO. The minimum atomic E-state index is -0.661. The van der Waals surface area contributed by atoms with Crippen LogP contribution in [0.25, 0.3) is 0 Å². The summed E-state index contributed by atoms with van der Waals surface area (Å²) in [5.74, 6) is -0.661. The van der Waals surface area contributed by atoms with E-state index in [1.165, 1.54) is 0 Å². The molecule has 0 atom stereocenters. The van der Waals surface area contributed by atoms with Crippen LogP contribution in [0.3, 0.4) is 0 Å². The Balaban J connectivity index is 3.36. The Kier molecular flexibility index (Phi) is 1.00. The number of carbonyl (C=O) groups is 1. The Labute approximate surface area is 54.9 Å². The van der Waals surface area contributed by atoms with Gasteiger partial charge < -0.3 is 0 Å². The first-order chi connectivity index (χ1) is 5.15. The average Bonchev–Trinajstić information content (AvgIpc) is 1.85. The first-order valence-corrected chi connectivity index (χ1v) is 2.37. The highest BCUT2D eigenvalue weighted by molar-refractivity contribution is 5.74. The van der Waals surface area contributed by atoms with E-state index in [1.807, 2.05) is 0 Å². The third kappa shape index (κ3) is 1.35. The van der Waals surface area contributed by atoms with E-state index in [1.54, 1.807) is 0 Å². The van der Waals surface area contributed by atoms with Crippen LogP contribution in [0.2, 0.25) is 0 Å². The van der Waals surface area contributed by atoms with Crippen molar-refractivity contribution in [2.24, 2.45) is 0 Å². The molecule has 46 valence electrons. The summed E-state index contributed by atoms with van der Waals surface area (Å²) in [5, 5.41) is 0. The predicted octanol–water partition coefficient (Wildman–Crippen LogP) is 1.64. The van der Waals surface area contributed by atoms with Crippen LogP contribution in [0.15, 0.2) is 24.2 Å². The molecule has 0 N–H and O–H groups in total. The lowest BCUT2D eigenvalue weighted by Gasteiger charge is -1.86. The van der Waals surface area contributed by atoms with E-state index in [9.17, 15) is 9.18 Å². The molecule has 0 saturated heterocycles. The lowest BCUT2D eigenvalue weighted by Crippen LogP contribution is -1.77. The molecule has 0 fully saturated rings. The quantitative estimate of drug-likeness (QED) is 0.523. The second kappa shape index (κ2) is 2.40. The summed E-state index contributed by atoms with van der Waals surface area (Å²) in [4.78, 5) is 10.2. The summed E-state index contributed by atoms with van der Waals surface area (Å²) in [7, 11) is 0.